The summed E-state index contributed by atoms with van der Waals surface area (Å²) in [4.78, 5) is 38.3. The molecule has 1 fully saturated rings. The molecule has 0 bridgehead atoms. The first kappa shape index (κ1) is 29.7. The number of nitrogens with zero attached hydrogens (tertiary/aromatic N) is 3. The van der Waals surface area contributed by atoms with Crippen LogP contribution in [0, 0.1) is 0 Å². The Kier molecular flexibility index (Phi) is 7.37. The van der Waals surface area contributed by atoms with E-state index in [4.69, 9.17) is 23.2 Å². The number of fused-ring (bicyclic) bond motifs is 2. The van der Waals surface area contributed by atoms with Crippen LogP contribution in [0.1, 0.15) is 36.8 Å². The van der Waals surface area contributed by atoms with Gasteiger partial charge in [-0.15, -0.1) is 13.2 Å². The summed E-state index contributed by atoms with van der Waals surface area (Å²) in [6, 6.07) is 21.8. The highest BCUT2D eigenvalue weighted by Gasteiger charge is 2.59. The molecule has 0 radical (unpaired) electrons. The SMILES string of the molecule is CC(c1cc(Cl)nc2ccccc12)C1(C(C)c2cc(Cl)nc3ccccc23)NC(=O)N(c2ccc(OC(F)(F)F)cc2)C1=O. The molecule has 1 aliphatic rings. The van der Waals surface area contributed by atoms with Crippen molar-refractivity contribution in [2.75, 3.05) is 4.90 Å². The van der Waals surface area contributed by atoms with Crippen LogP contribution in [-0.4, -0.2) is 33.8 Å². The number of alkyl halides is 3. The molecule has 0 saturated carbocycles. The summed E-state index contributed by atoms with van der Waals surface area (Å²) in [5.74, 6) is -2.48. The number of urea groups is 1. The van der Waals surface area contributed by atoms with Crippen LogP contribution in [0.5, 0.6) is 5.75 Å². The summed E-state index contributed by atoms with van der Waals surface area (Å²) in [5, 5.41) is 4.88. The van der Waals surface area contributed by atoms with E-state index in [9.17, 15) is 22.8 Å². The first-order valence-corrected chi connectivity index (χ1v) is 14.3. The van der Waals surface area contributed by atoms with Crippen molar-refractivity contribution in [3.63, 3.8) is 0 Å². The first-order valence-electron chi connectivity index (χ1n) is 13.5. The molecular formula is C32H23Cl2F3N4O3. The monoisotopic (exact) mass is 638 g/mol. The van der Waals surface area contributed by atoms with E-state index < -0.39 is 41.4 Å². The van der Waals surface area contributed by atoms with Crippen molar-refractivity contribution in [2.45, 2.75) is 37.6 Å². The van der Waals surface area contributed by atoms with Gasteiger partial charge in [0.05, 0.1) is 16.7 Å². The number of amides is 3. The Bertz CT molecular complexity index is 1840. The summed E-state index contributed by atoms with van der Waals surface area (Å²) in [6.07, 6.45) is -4.90. The molecule has 3 heterocycles. The van der Waals surface area contributed by atoms with E-state index in [0.29, 0.717) is 22.2 Å². The van der Waals surface area contributed by atoms with Gasteiger partial charge in [0.25, 0.3) is 5.91 Å². The highest BCUT2D eigenvalue weighted by atomic mass is 35.5. The predicted octanol–water partition coefficient (Wildman–Crippen LogP) is 8.39. The second-order valence-corrected chi connectivity index (χ2v) is 11.3. The average Bonchev–Trinajstić information content (AvgIpc) is 3.25. The van der Waals surface area contributed by atoms with Crippen LogP contribution in [0.3, 0.4) is 0 Å². The molecule has 3 amide bonds. The van der Waals surface area contributed by atoms with Gasteiger partial charge >= 0.3 is 12.4 Å². The molecule has 7 nitrogen and oxygen atoms in total. The summed E-state index contributed by atoms with van der Waals surface area (Å²) in [6.45, 7) is 3.64. The normalized spacial score (nSPS) is 18.5. The maximum atomic E-state index is 14.8. The van der Waals surface area contributed by atoms with E-state index in [1.165, 1.54) is 12.1 Å². The number of rotatable bonds is 6. The molecule has 2 atom stereocenters. The third kappa shape index (κ3) is 5.07. The number of anilines is 1. The second kappa shape index (κ2) is 10.9. The number of imide groups is 1. The van der Waals surface area contributed by atoms with Crippen molar-refractivity contribution in [3.05, 3.63) is 106 Å². The van der Waals surface area contributed by atoms with Crippen LogP contribution >= 0.6 is 23.2 Å². The maximum absolute atomic E-state index is 14.8. The van der Waals surface area contributed by atoms with Gasteiger partial charge in [-0.05, 0) is 59.7 Å². The van der Waals surface area contributed by atoms with Gasteiger partial charge in [-0.25, -0.2) is 19.7 Å². The zero-order valence-electron chi connectivity index (χ0n) is 23.2. The van der Waals surface area contributed by atoms with Crippen LogP contribution in [0.15, 0.2) is 84.9 Å². The number of hydrogen-bond donors (Lipinski definition) is 1. The number of hydrogen-bond acceptors (Lipinski definition) is 5. The van der Waals surface area contributed by atoms with Gasteiger partial charge in [0, 0.05) is 22.6 Å². The van der Waals surface area contributed by atoms with Gasteiger partial charge in [-0.3, -0.25) is 4.79 Å². The highest BCUT2D eigenvalue weighted by molar-refractivity contribution is 6.30. The summed E-state index contributed by atoms with van der Waals surface area (Å²) >= 11 is 12.9. The fraction of sp³-hybridized carbons (Fsp3) is 0.188. The summed E-state index contributed by atoms with van der Waals surface area (Å²) in [7, 11) is 0. The zero-order valence-corrected chi connectivity index (χ0v) is 24.7. The van der Waals surface area contributed by atoms with E-state index in [-0.39, 0.29) is 16.0 Å². The van der Waals surface area contributed by atoms with E-state index in [1.807, 2.05) is 50.2 Å². The van der Waals surface area contributed by atoms with Crippen molar-refractivity contribution >= 4 is 62.6 Å². The van der Waals surface area contributed by atoms with Crippen molar-refractivity contribution in [2.24, 2.45) is 0 Å². The quantitative estimate of drug-likeness (QED) is 0.149. The van der Waals surface area contributed by atoms with Crippen LogP contribution in [0.2, 0.25) is 10.3 Å². The van der Waals surface area contributed by atoms with Crippen molar-refractivity contribution < 1.29 is 27.5 Å². The van der Waals surface area contributed by atoms with Gasteiger partial charge in [0.1, 0.15) is 21.6 Å². The fourth-order valence-electron chi connectivity index (χ4n) is 6.10. The fourth-order valence-corrected chi connectivity index (χ4v) is 6.52. The Morgan fingerprint density at radius 3 is 1.75 bits per heavy atom. The lowest BCUT2D eigenvalue weighted by Gasteiger charge is -2.39. The molecule has 6 rings (SSSR count). The summed E-state index contributed by atoms with van der Waals surface area (Å²) < 4.78 is 42.3. The molecule has 2 unspecified atom stereocenters. The molecule has 44 heavy (non-hydrogen) atoms. The van der Waals surface area contributed by atoms with Crippen LogP contribution in [0.25, 0.3) is 21.8 Å². The number of halogens is 5. The number of carbonyl (C=O) groups excluding carboxylic acids is 2. The van der Waals surface area contributed by atoms with Gasteiger partial charge in [-0.1, -0.05) is 73.4 Å². The lowest BCUT2D eigenvalue weighted by atomic mass is 9.68. The Morgan fingerprint density at radius 2 is 1.27 bits per heavy atom. The van der Waals surface area contributed by atoms with Crippen molar-refractivity contribution in [3.8, 4) is 5.75 Å². The minimum atomic E-state index is -4.90. The van der Waals surface area contributed by atoms with Gasteiger partial charge < -0.3 is 10.1 Å². The number of para-hydroxylation sites is 2. The molecule has 1 N–H and O–H groups in total. The number of pyridine rings is 2. The van der Waals surface area contributed by atoms with Crippen LogP contribution in [-0.2, 0) is 4.79 Å². The highest BCUT2D eigenvalue weighted by Crippen LogP contribution is 2.48. The van der Waals surface area contributed by atoms with Crippen molar-refractivity contribution in [1.82, 2.24) is 15.3 Å². The Balaban J connectivity index is 1.54. The minimum Gasteiger partial charge on any atom is -0.406 e. The topological polar surface area (TPSA) is 84.4 Å². The largest absolute Gasteiger partial charge is 0.573 e. The molecule has 0 aliphatic carbocycles. The number of carbonyl (C=O) groups is 2. The molecule has 0 spiro atoms. The molecule has 3 aromatic carbocycles. The van der Waals surface area contributed by atoms with Gasteiger partial charge in [0.2, 0.25) is 0 Å². The third-order valence-electron chi connectivity index (χ3n) is 8.14. The number of aromatic nitrogens is 2. The number of benzene rings is 3. The van der Waals surface area contributed by atoms with E-state index in [0.717, 1.165) is 27.8 Å². The van der Waals surface area contributed by atoms with Crippen LogP contribution < -0.4 is 15.0 Å². The molecule has 12 heteroatoms. The number of ether oxygens (including phenoxy) is 1. The zero-order chi connectivity index (χ0) is 31.4. The second-order valence-electron chi connectivity index (χ2n) is 10.5. The van der Waals surface area contributed by atoms with Gasteiger partial charge in [-0.2, -0.15) is 0 Å². The van der Waals surface area contributed by atoms with E-state index >= 15 is 0 Å². The van der Waals surface area contributed by atoms with E-state index in [1.54, 1.807) is 24.3 Å². The maximum Gasteiger partial charge on any atom is 0.573 e. The third-order valence-corrected chi connectivity index (χ3v) is 8.52. The Labute approximate surface area is 259 Å². The summed E-state index contributed by atoms with van der Waals surface area (Å²) in [5.41, 5.74) is 1.01. The first-order chi connectivity index (χ1) is 20.9. The Hall–Kier alpha value is -4.41. The van der Waals surface area contributed by atoms with Crippen molar-refractivity contribution in [1.29, 1.82) is 0 Å². The standard InChI is InChI=1S/C32H23Cl2F3N4O3/c1-17(23-15-27(33)38-25-9-5-3-7-21(23)25)31(18(2)24-16-28(34)39-26-10-6-4-8-22(24)26)29(42)41(30(43)40-31)19-11-13-20(14-12-19)44-32(35,36)37/h3-18H,1-2H3,(H,40,43). The Morgan fingerprint density at radius 1 is 0.795 bits per heavy atom. The molecule has 224 valence electrons. The number of nitrogens with one attached hydrogen (secondary N) is 1. The smallest absolute Gasteiger partial charge is 0.406 e. The lowest BCUT2D eigenvalue weighted by molar-refractivity contribution is -0.274. The molecular weight excluding hydrogens is 616 g/mol. The molecule has 2 aromatic heterocycles. The average molecular weight is 639 g/mol. The lowest BCUT2D eigenvalue weighted by Crippen LogP contribution is -2.55. The molecule has 5 aromatic rings. The predicted molar refractivity (Wildman–Crippen MR) is 162 cm³/mol. The van der Waals surface area contributed by atoms with Crippen LogP contribution in [0.4, 0.5) is 23.7 Å². The molecule has 1 saturated heterocycles. The minimum absolute atomic E-state index is 0.0681. The molecule has 1 aliphatic heterocycles. The van der Waals surface area contributed by atoms with E-state index in [2.05, 4.69) is 20.0 Å². The van der Waals surface area contributed by atoms with Gasteiger partial charge in [0.15, 0.2) is 0 Å².